The maximum absolute atomic E-state index is 4.28. The summed E-state index contributed by atoms with van der Waals surface area (Å²) in [5, 5.41) is 0. The molecule has 100 valence electrons. The lowest BCUT2D eigenvalue weighted by atomic mass is 10.1. The third-order valence-electron chi connectivity index (χ3n) is 3.72. The van der Waals surface area contributed by atoms with Crippen LogP contribution in [-0.2, 0) is 6.42 Å². The van der Waals surface area contributed by atoms with E-state index in [2.05, 4.69) is 53.6 Å². The molecule has 0 amide bonds. The van der Waals surface area contributed by atoms with E-state index in [0.717, 1.165) is 25.3 Å². The van der Waals surface area contributed by atoms with Crippen LogP contribution >= 0.6 is 12.6 Å². The number of nitrogens with zero attached hydrogens (tertiary/aromatic N) is 2. The Morgan fingerprint density at radius 2 is 1.83 bits per heavy atom. The smallest absolute Gasteiger partial charge is 0.0399 e. The first-order valence-corrected chi connectivity index (χ1v) is 7.64. The molecule has 1 aromatic carbocycles. The maximum atomic E-state index is 4.28. The van der Waals surface area contributed by atoms with Gasteiger partial charge in [0, 0.05) is 31.9 Å². The van der Waals surface area contributed by atoms with E-state index >= 15 is 0 Å². The molecule has 0 N–H and O–H groups in total. The number of anilines is 1. The zero-order valence-electron chi connectivity index (χ0n) is 11.3. The Bertz CT molecular complexity index is 359. The predicted octanol–water partition coefficient (Wildman–Crippen LogP) is 2.69. The van der Waals surface area contributed by atoms with Crippen LogP contribution < -0.4 is 4.90 Å². The van der Waals surface area contributed by atoms with Crippen LogP contribution in [0.5, 0.6) is 0 Å². The molecule has 2 rings (SSSR count). The SMILES string of the molecule is CCc1ccccc1N1CCN(CCCS)CC1. The van der Waals surface area contributed by atoms with E-state index in [9.17, 15) is 0 Å². The Hall–Kier alpha value is -0.670. The second kappa shape index (κ2) is 7.05. The fraction of sp³-hybridized carbons (Fsp3) is 0.600. The van der Waals surface area contributed by atoms with Crippen LogP contribution in [-0.4, -0.2) is 43.4 Å². The minimum Gasteiger partial charge on any atom is -0.369 e. The topological polar surface area (TPSA) is 6.48 Å². The van der Waals surface area contributed by atoms with Crippen molar-refractivity contribution in [2.75, 3.05) is 43.4 Å². The monoisotopic (exact) mass is 264 g/mol. The Morgan fingerprint density at radius 1 is 1.11 bits per heavy atom. The first kappa shape index (κ1) is 13.8. The van der Waals surface area contributed by atoms with Crippen molar-refractivity contribution >= 4 is 18.3 Å². The summed E-state index contributed by atoms with van der Waals surface area (Å²) >= 11 is 4.28. The lowest BCUT2D eigenvalue weighted by Crippen LogP contribution is -2.47. The third-order valence-corrected chi connectivity index (χ3v) is 4.03. The van der Waals surface area contributed by atoms with Gasteiger partial charge in [-0.2, -0.15) is 12.6 Å². The molecule has 0 spiro atoms. The molecule has 18 heavy (non-hydrogen) atoms. The summed E-state index contributed by atoms with van der Waals surface area (Å²) < 4.78 is 0. The van der Waals surface area contributed by atoms with Crippen molar-refractivity contribution in [3.05, 3.63) is 29.8 Å². The van der Waals surface area contributed by atoms with Crippen LogP contribution in [0.4, 0.5) is 5.69 Å². The molecule has 0 bridgehead atoms. The summed E-state index contributed by atoms with van der Waals surface area (Å²) in [6, 6.07) is 8.82. The minimum absolute atomic E-state index is 0.999. The van der Waals surface area contributed by atoms with Gasteiger partial charge >= 0.3 is 0 Å². The number of para-hydroxylation sites is 1. The second-order valence-electron chi connectivity index (χ2n) is 4.89. The molecular weight excluding hydrogens is 240 g/mol. The number of piperazine rings is 1. The Kier molecular flexibility index (Phi) is 5.39. The molecule has 3 heteroatoms. The van der Waals surface area contributed by atoms with E-state index in [-0.39, 0.29) is 0 Å². The summed E-state index contributed by atoms with van der Waals surface area (Å²) in [5.41, 5.74) is 2.91. The van der Waals surface area contributed by atoms with Gasteiger partial charge in [-0.25, -0.2) is 0 Å². The number of benzene rings is 1. The van der Waals surface area contributed by atoms with Crippen molar-refractivity contribution in [2.24, 2.45) is 0 Å². The molecule has 1 saturated heterocycles. The van der Waals surface area contributed by atoms with Gasteiger partial charge in [0.25, 0.3) is 0 Å². The number of hydrogen-bond donors (Lipinski definition) is 1. The molecule has 1 aliphatic heterocycles. The highest BCUT2D eigenvalue weighted by Crippen LogP contribution is 2.22. The van der Waals surface area contributed by atoms with Crippen molar-refractivity contribution in [1.82, 2.24) is 4.90 Å². The highest BCUT2D eigenvalue weighted by Gasteiger charge is 2.17. The van der Waals surface area contributed by atoms with E-state index in [4.69, 9.17) is 0 Å². The first-order valence-electron chi connectivity index (χ1n) is 7.01. The number of hydrogen-bond acceptors (Lipinski definition) is 3. The highest BCUT2D eigenvalue weighted by molar-refractivity contribution is 7.80. The predicted molar refractivity (Wildman–Crippen MR) is 82.9 cm³/mol. The van der Waals surface area contributed by atoms with Crippen molar-refractivity contribution < 1.29 is 0 Å². The van der Waals surface area contributed by atoms with Gasteiger partial charge in [0.1, 0.15) is 0 Å². The lowest BCUT2D eigenvalue weighted by Gasteiger charge is -2.37. The minimum atomic E-state index is 0.999. The average Bonchev–Trinajstić information content (AvgIpc) is 2.45. The van der Waals surface area contributed by atoms with Crippen LogP contribution in [0.3, 0.4) is 0 Å². The Labute approximate surface area is 116 Å². The fourth-order valence-electron chi connectivity index (χ4n) is 2.62. The van der Waals surface area contributed by atoms with Crippen molar-refractivity contribution in [1.29, 1.82) is 0 Å². The Morgan fingerprint density at radius 3 is 2.50 bits per heavy atom. The molecule has 1 aromatic rings. The summed E-state index contributed by atoms with van der Waals surface area (Å²) in [7, 11) is 0. The van der Waals surface area contributed by atoms with Crippen LogP contribution in [0.2, 0.25) is 0 Å². The number of thiol groups is 1. The van der Waals surface area contributed by atoms with E-state index in [1.165, 1.54) is 37.3 Å². The van der Waals surface area contributed by atoms with Gasteiger partial charge in [0.15, 0.2) is 0 Å². The van der Waals surface area contributed by atoms with Gasteiger partial charge in [-0.1, -0.05) is 25.1 Å². The van der Waals surface area contributed by atoms with E-state index in [1.54, 1.807) is 0 Å². The van der Waals surface area contributed by atoms with Gasteiger partial charge in [-0.15, -0.1) is 0 Å². The molecule has 1 heterocycles. The van der Waals surface area contributed by atoms with Gasteiger partial charge in [0.05, 0.1) is 0 Å². The van der Waals surface area contributed by atoms with Crippen molar-refractivity contribution in [2.45, 2.75) is 19.8 Å². The van der Waals surface area contributed by atoms with Crippen molar-refractivity contribution in [3.63, 3.8) is 0 Å². The van der Waals surface area contributed by atoms with E-state index in [0.29, 0.717) is 0 Å². The summed E-state index contributed by atoms with van der Waals surface area (Å²) in [6.07, 6.45) is 2.32. The fourth-order valence-corrected chi connectivity index (χ4v) is 2.77. The van der Waals surface area contributed by atoms with Gasteiger partial charge in [-0.3, -0.25) is 4.90 Å². The lowest BCUT2D eigenvalue weighted by molar-refractivity contribution is 0.259. The first-order chi connectivity index (χ1) is 8.85. The van der Waals surface area contributed by atoms with Gasteiger partial charge < -0.3 is 4.90 Å². The second-order valence-corrected chi connectivity index (χ2v) is 5.34. The van der Waals surface area contributed by atoms with Crippen LogP contribution in [0, 0.1) is 0 Å². The molecule has 1 aliphatic rings. The average molecular weight is 264 g/mol. The van der Waals surface area contributed by atoms with Gasteiger partial charge in [-0.05, 0) is 36.8 Å². The molecule has 0 aromatic heterocycles. The summed E-state index contributed by atoms with van der Waals surface area (Å²) in [4.78, 5) is 5.09. The van der Waals surface area contributed by atoms with Crippen LogP contribution in [0.25, 0.3) is 0 Å². The molecule has 2 nitrogen and oxygen atoms in total. The molecule has 1 fully saturated rings. The maximum Gasteiger partial charge on any atom is 0.0399 e. The molecule has 0 saturated carbocycles. The molecule has 0 aliphatic carbocycles. The zero-order valence-corrected chi connectivity index (χ0v) is 12.2. The molecule has 0 radical (unpaired) electrons. The van der Waals surface area contributed by atoms with Crippen LogP contribution in [0.1, 0.15) is 18.9 Å². The normalized spacial score (nSPS) is 17.1. The molecular formula is C15H24N2S. The molecule has 0 atom stereocenters. The van der Waals surface area contributed by atoms with Crippen molar-refractivity contribution in [3.8, 4) is 0 Å². The number of aryl methyl sites for hydroxylation is 1. The third kappa shape index (κ3) is 3.42. The van der Waals surface area contributed by atoms with Gasteiger partial charge in [0.2, 0.25) is 0 Å². The van der Waals surface area contributed by atoms with E-state index in [1.807, 2.05) is 0 Å². The van der Waals surface area contributed by atoms with Crippen LogP contribution in [0.15, 0.2) is 24.3 Å². The Balaban J connectivity index is 1.92. The summed E-state index contributed by atoms with van der Waals surface area (Å²) in [5.74, 6) is 0.999. The molecule has 0 unspecified atom stereocenters. The zero-order chi connectivity index (χ0) is 12.8. The highest BCUT2D eigenvalue weighted by atomic mass is 32.1. The largest absolute Gasteiger partial charge is 0.369 e. The standard InChI is InChI=1S/C15H24N2S/c1-2-14-6-3-4-7-15(14)17-11-9-16(10-12-17)8-5-13-18/h3-4,6-7,18H,2,5,8-13H2,1H3. The van der Waals surface area contributed by atoms with E-state index < -0.39 is 0 Å². The quantitative estimate of drug-likeness (QED) is 0.817. The number of rotatable bonds is 5. The summed E-state index contributed by atoms with van der Waals surface area (Å²) in [6.45, 7) is 8.12.